The molecule has 0 amide bonds. The normalized spacial score (nSPS) is 28.8. The van der Waals surface area contributed by atoms with Gasteiger partial charge in [0, 0.05) is 11.0 Å². The van der Waals surface area contributed by atoms with Crippen LogP contribution in [0.5, 0.6) is 0 Å². The van der Waals surface area contributed by atoms with E-state index in [1.165, 1.54) is 0 Å². The smallest absolute Gasteiger partial charge is 0.0883 e. The van der Waals surface area contributed by atoms with Crippen LogP contribution in [0.1, 0.15) is 13.3 Å². The molecule has 4 heteroatoms. The van der Waals surface area contributed by atoms with Crippen LogP contribution in [0.15, 0.2) is 0 Å². The molecule has 0 saturated carbocycles. The van der Waals surface area contributed by atoms with Crippen molar-refractivity contribution in [2.24, 2.45) is 0 Å². The lowest BCUT2D eigenvalue weighted by atomic mass is 10.1. The molecule has 1 aliphatic rings. The third-order valence-electron chi connectivity index (χ3n) is 1.90. The SMILES string of the molecule is CC(CCl)(CI)OC1CCOC1. The molecule has 2 atom stereocenters. The molecule has 0 spiro atoms. The first-order valence-electron chi connectivity index (χ1n) is 4.08. The number of halogens is 2. The van der Waals surface area contributed by atoms with Gasteiger partial charge in [-0.1, -0.05) is 22.6 Å². The number of hydrogen-bond donors (Lipinski definition) is 0. The summed E-state index contributed by atoms with van der Waals surface area (Å²) in [7, 11) is 0. The molecule has 0 radical (unpaired) electrons. The van der Waals surface area contributed by atoms with Crippen molar-refractivity contribution < 1.29 is 9.47 Å². The Morgan fingerprint density at radius 2 is 2.50 bits per heavy atom. The zero-order valence-electron chi connectivity index (χ0n) is 7.19. The number of rotatable bonds is 4. The molecule has 1 heterocycles. The van der Waals surface area contributed by atoms with Crippen LogP contribution < -0.4 is 0 Å². The molecule has 0 bridgehead atoms. The van der Waals surface area contributed by atoms with E-state index in [4.69, 9.17) is 21.1 Å². The van der Waals surface area contributed by atoms with Crippen LogP contribution in [0.2, 0.25) is 0 Å². The van der Waals surface area contributed by atoms with Gasteiger partial charge >= 0.3 is 0 Å². The van der Waals surface area contributed by atoms with Crippen LogP contribution in [0.25, 0.3) is 0 Å². The van der Waals surface area contributed by atoms with Gasteiger partial charge in [-0.2, -0.15) is 0 Å². The molecule has 1 aliphatic heterocycles. The highest BCUT2D eigenvalue weighted by molar-refractivity contribution is 14.1. The highest BCUT2D eigenvalue weighted by Crippen LogP contribution is 2.21. The Kier molecular flexibility index (Phi) is 4.57. The van der Waals surface area contributed by atoms with Gasteiger partial charge in [-0.15, -0.1) is 11.6 Å². The van der Waals surface area contributed by atoms with E-state index in [1.807, 2.05) is 6.92 Å². The van der Waals surface area contributed by atoms with Crippen molar-refractivity contribution in [3.8, 4) is 0 Å². The quantitative estimate of drug-likeness (QED) is 0.586. The second-order valence-corrected chi connectivity index (χ2v) is 4.35. The fraction of sp³-hybridized carbons (Fsp3) is 1.00. The molecule has 2 nitrogen and oxygen atoms in total. The Balaban J connectivity index is 2.35. The summed E-state index contributed by atoms with van der Waals surface area (Å²) >= 11 is 8.12. The van der Waals surface area contributed by atoms with Gasteiger partial charge in [-0.05, 0) is 13.3 Å². The lowest BCUT2D eigenvalue weighted by molar-refractivity contribution is -0.0536. The van der Waals surface area contributed by atoms with Crippen LogP contribution >= 0.6 is 34.2 Å². The third kappa shape index (κ3) is 3.01. The van der Waals surface area contributed by atoms with Crippen LogP contribution in [-0.2, 0) is 9.47 Å². The van der Waals surface area contributed by atoms with Gasteiger partial charge in [0.2, 0.25) is 0 Å². The zero-order chi connectivity index (χ0) is 9.03. The number of ether oxygens (including phenoxy) is 2. The summed E-state index contributed by atoms with van der Waals surface area (Å²) in [5.41, 5.74) is -0.180. The second kappa shape index (κ2) is 4.98. The van der Waals surface area contributed by atoms with Crippen molar-refractivity contribution in [3.63, 3.8) is 0 Å². The Bertz CT molecular complexity index is 133. The predicted molar refractivity (Wildman–Crippen MR) is 58.3 cm³/mol. The first-order valence-corrected chi connectivity index (χ1v) is 6.14. The maximum absolute atomic E-state index is 5.83. The third-order valence-corrected chi connectivity index (χ3v) is 4.08. The summed E-state index contributed by atoms with van der Waals surface area (Å²) in [5.74, 6) is 0.548. The second-order valence-electron chi connectivity index (χ2n) is 3.32. The molecule has 0 aromatic rings. The van der Waals surface area contributed by atoms with Crippen LogP contribution in [0.3, 0.4) is 0 Å². The fourth-order valence-corrected chi connectivity index (χ4v) is 2.03. The van der Waals surface area contributed by atoms with Crippen LogP contribution in [0.4, 0.5) is 0 Å². The van der Waals surface area contributed by atoms with Gasteiger partial charge in [-0.3, -0.25) is 0 Å². The minimum Gasteiger partial charge on any atom is -0.379 e. The highest BCUT2D eigenvalue weighted by Gasteiger charge is 2.28. The molecule has 0 aromatic carbocycles. The molecule has 0 N–H and O–H groups in total. The van der Waals surface area contributed by atoms with E-state index in [1.54, 1.807) is 0 Å². The molecule has 1 rings (SSSR count). The molecule has 0 aromatic heterocycles. The first kappa shape index (κ1) is 11.0. The minimum atomic E-state index is -0.180. The number of hydrogen-bond acceptors (Lipinski definition) is 2. The molecule has 12 heavy (non-hydrogen) atoms. The maximum Gasteiger partial charge on any atom is 0.0883 e. The van der Waals surface area contributed by atoms with E-state index in [2.05, 4.69) is 22.6 Å². The van der Waals surface area contributed by atoms with Gasteiger partial charge in [0.1, 0.15) is 0 Å². The fourth-order valence-electron chi connectivity index (χ4n) is 1.11. The Hall–Kier alpha value is 0.940. The molecule has 1 saturated heterocycles. The van der Waals surface area contributed by atoms with Crippen molar-refractivity contribution in [3.05, 3.63) is 0 Å². The summed E-state index contributed by atoms with van der Waals surface area (Å²) in [6.45, 7) is 3.60. The molecule has 1 fully saturated rings. The van der Waals surface area contributed by atoms with E-state index >= 15 is 0 Å². The van der Waals surface area contributed by atoms with Gasteiger partial charge < -0.3 is 9.47 Å². The largest absolute Gasteiger partial charge is 0.379 e. The maximum atomic E-state index is 5.83. The van der Waals surface area contributed by atoms with E-state index in [0.29, 0.717) is 5.88 Å². The Morgan fingerprint density at radius 1 is 1.75 bits per heavy atom. The average Bonchev–Trinajstić information content (AvgIpc) is 2.57. The van der Waals surface area contributed by atoms with E-state index in [0.717, 1.165) is 24.1 Å². The predicted octanol–water partition coefficient (Wildman–Crippen LogP) is 2.22. The first-order chi connectivity index (χ1) is 5.70. The van der Waals surface area contributed by atoms with E-state index in [-0.39, 0.29) is 11.7 Å². The van der Waals surface area contributed by atoms with Crippen LogP contribution in [-0.4, -0.2) is 35.2 Å². The van der Waals surface area contributed by atoms with Crippen molar-refractivity contribution >= 4 is 34.2 Å². The molecule has 0 aliphatic carbocycles. The monoisotopic (exact) mass is 304 g/mol. The molecular formula is C8H14ClIO2. The van der Waals surface area contributed by atoms with Gasteiger partial charge in [0.25, 0.3) is 0 Å². The average molecular weight is 305 g/mol. The van der Waals surface area contributed by atoms with Gasteiger partial charge in [-0.25, -0.2) is 0 Å². The zero-order valence-corrected chi connectivity index (χ0v) is 10.1. The summed E-state index contributed by atoms with van der Waals surface area (Å²) in [5, 5.41) is 0. The van der Waals surface area contributed by atoms with E-state index in [9.17, 15) is 0 Å². The van der Waals surface area contributed by atoms with Crippen molar-refractivity contribution in [2.45, 2.75) is 25.0 Å². The summed E-state index contributed by atoms with van der Waals surface area (Å²) in [4.78, 5) is 0. The van der Waals surface area contributed by atoms with Crippen LogP contribution in [0, 0.1) is 0 Å². The van der Waals surface area contributed by atoms with Crippen molar-refractivity contribution in [2.75, 3.05) is 23.5 Å². The minimum absolute atomic E-state index is 0.180. The Labute approximate surface area is 92.1 Å². The molecule has 2 unspecified atom stereocenters. The topological polar surface area (TPSA) is 18.5 Å². The molecular weight excluding hydrogens is 290 g/mol. The van der Waals surface area contributed by atoms with E-state index < -0.39 is 0 Å². The summed E-state index contributed by atoms with van der Waals surface area (Å²) in [6.07, 6.45) is 1.26. The van der Waals surface area contributed by atoms with Crippen molar-refractivity contribution in [1.29, 1.82) is 0 Å². The number of alkyl halides is 2. The lowest BCUT2D eigenvalue weighted by Crippen LogP contribution is -2.37. The molecule has 72 valence electrons. The van der Waals surface area contributed by atoms with Gasteiger partial charge in [0.15, 0.2) is 0 Å². The van der Waals surface area contributed by atoms with Crippen molar-refractivity contribution in [1.82, 2.24) is 0 Å². The standard InChI is InChI=1S/C8H14ClIO2/c1-8(5-9,6-10)12-7-2-3-11-4-7/h7H,2-6H2,1H3. The Morgan fingerprint density at radius 3 is 2.92 bits per heavy atom. The highest BCUT2D eigenvalue weighted by atomic mass is 127. The lowest BCUT2D eigenvalue weighted by Gasteiger charge is -2.28. The van der Waals surface area contributed by atoms with Gasteiger partial charge in [0.05, 0.1) is 24.2 Å². The summed E-state index contributed by atoms with van der Waals surface area (Å²) < 4.78 is 12.0. The summed E-state index contributed by atoms with van der Waals surface area (Å²) in [6, 6.07) is 0.